The third-order valence-electron chi connectivity index (χ3n) is 11.2. The summed E-state index contributed by atoms with van der Waals surface area (Å²) in [7, 11) is -5.50. The highest BCUT2D eigenvalue weighted by molar-refractivity contribution is 7.91. The molecular formula is C35H50FN7O17S. The maximum atomic E-state index is 14.7. The van der Waals surface area contributed by atoms with Crippen molar-refractivity contribution in [2.45, 2.75) is 131 Å². The summed E-state index contributed by atoms with van der Waals surface area (Å²) in [5, 5.41) is 78.8. The van der Waals surface area contributed by atoms with Gasteiger partial charge in [0.05, 0.1) is 12.1 Å². The molecule has 3 fully saturated rings. The minimum absolute atomic E-state index is 0.124. The van der Waals surface area contributed by atoms with Crippen LogP contribution < -0.4 is 26.8 Å². The van der Waals surface area contributed by atoms with Gasteiger partial charge < -0.3 is 71.7 Å². The number of nitrogens with two attached hydrogens (primary N) is 2. The van der Waals surface area contributed by atoms with Crippen molar-refractivity contribution in [2.75, 3.05) is 6.54 Å². The summed E-state index contributed by atoms with van der Waals surface area (Å²) >= 11 is 0. The van der Waals surface area contributed by atoms with Gasteiger partial charge in [0.15, 0.2) is 5.66 Å². The predicted molar refractivity (Wildman–Crippen MR) is 198 cm³/mol. The van der Waals surface area contributed by atoms with Gasteiger partial charge in [-0.25, -0.2) is 27.1 Å². The van der Waals surface area contributed by atoms with Gasteiger partial charge in [-0.05, 0) is 53.5 Å². The molecule has 24 nitrogen and oxygen atoms in total. The number of sulfonamides is 1. The number of ketones is 1. The Morgan fingerprint density at radius 1 is 1.02 bits per heavy atom. The fourth-order valence-corrected chi connectivity index (χ4v) is 9.69. The van der Waals surface area contributed by atoms with Crippen LogP contribution in [0.25, 0.3) is 0 Å². The summed E-state index contributed by atoms with van der Waals surface area (Å²) in [6.45, 7) is 7.18. The number of hydrogen-bond acceptors (Lipinski definition) is 19. The topological polar surface area (TPSA) is 391 Å². The van der Waals surface area contributed by atoms with Crippen molar-refractivity contribution in [3.8, 4) is 0 Å². The number of aliphatic hydroxyl groups is 7. The SMILES string of the molecule is CCCC(N)(NC(=O)OC(C)(C)C)C(=O)N1CC(OC(=O)N2C(O)(O)c3cccc(F)c3C2(O)O)CC1C(=O)NC1(C(=O)NS(=O)(=O)C2(O)C(C)(N)C2(O)O)CC1CC(C)=O. The van der Waals surface area contributed by atoms with E-state index in [2.05, 4.69) is 10.6 Å². The highest BCUT2D eigenvalue weighted by atomic mass is 32.2. The number of carbonyl (C=O) groups excluding carboxylic acids is 6. The number of fused-ring (bicyclic) bond motifs is 1. The van der Waals surface area contributed by atoms with Crippen LogP contribution >= 0.6 is 0 Å². The molecule has 2 saturated carbocycles. The lowest BCUT2D eigenvalue weighted by molar-refractivity contribution is -0.362. The maximum Gasteiger partial charge on any atom is 0.419 e. The molecule has 5 rings (SSSR count). The molecule has 0 aromatic heterocycles. The van der Waals surface area contributed by atoms with E-state index in [0.717, 1.165) is 32.0 Å². The maximum absolute atomic E-state index is 14.7. The zero-order valence-corrected chi connectivity index (χ0v) is 34.6. The molecule has 1 aromatic rings. The van der Waals surface area contributed by atoms with Crippen molar-refractivity contribution in [1.29, 1.82) is 0 Å². The molecule has 2 aliphatic carbocycles. The fraction of sp³-hybridized carbons (Fsp3) is 0.657. The number of nitrogens with one attached hydrogen (secondary N) is 3. The second kappa shape index (κ2) is 14.7. The molecule has 7 atom stereocenters. The van der Waals surface area contributed by atoms with Crippen LogP contribution in [0, 0.1) is 11.7 Å². The Labute approximate surface area is 347 Å². The minimum atomic E-state index is -5.50. The van der Waals surface area contributed by atoms with Gasteiger partial charge in [-0.1, -0.05) is 25.5 Å². The van der Waals surface area contributed by atoms with E-state index in [1.807, 2.05) is 0 Å². The molecule has 26 heteroatoms. The highest BCUT2D eigenvalue weighted by Gasteiger charge is 2.92. The number of halogens is 1. The summed E-state index contributed by atoms with van der Waals surface area (Å²) in [5.41, 5.74) is 1.68. The summed E-state index contributed by atoms with van der Waals surface area (Å²) in [4.78, 5) is 77.9. The second-order valence-corrected chi connectivity index (χ2v) is 18.9. The Hall–Kier alpha value is -4.64. The normalized spacial score (nSPS) is 30.3. The van der Waals surface area contributed by atoms with E-state index in [0.29, 0.717) is 4.90 Å². The van der Waals surface area contributed by atoms with Crippen molar-refractivity contribution >= 4 is 45.7 Å². The van der Waals surface area contributed by atoms with E-state index in [1.165, 1.54) is 25.5 Å². The predicted octanol–water partition coefficient (Wildman–Crippen LogP) is -4.18. The minimum Gasteiger partial charge on any atom is -0.444 e. The first-order chi connectivity index (χ1) is 27.6. The van der Waals surface area contributed by atoms with Crippen LogP contribution in [0.5, 0.6) is 0 Å². The van der Waals surface area contributed by atoms with Crippen LogP contribution in [0.3, 0.4) is 0 Å². The van der Waals surface area contributed by atoms with Crippen LogP contribution in [-0.4, -0.2) is 141 Å². The van der Waals surface area contributed by atoms with Gasteiger partial charge in [0, 0.05) is 24.3 Å². The number of rotatable bonds is 12. The van der Waals surface area contributed by atoms with E-state index in [1.54, 1.807) is 6.92 Å². The quantitative estimate of drug-likeness (QED) is 0.0886. The molecule has 14 N–H and O–H groups in total. The lowest BCUT2D eigenvalue weighted by Gasteiger charge is -2.36. The van der Waals surface area contributed by atoms with Crippen molar-refractivity contribution in [2.24, 2.45) is 17.4 Å². The second-order valence-electron chi connectivity index (χ2n) is 17.1. The van der Waals surface area contributed by atoms with E-state index in [4.69, 9.17) is 20.9 Å². The number of ether oxygens (including phenoxy) is 2. The Morgan fingerprint density at radius 3 is 2.11 bits per heavy atom. The number of hydrogen-bond donors (Lipinski definition) is 12. The van der Waals surface area contributed by atoms with Gasteiger partial charge in [-0.15, -0.1) is 0 Å². The van der Waals surface area contributed by atoms with E-state index >= 15 is 0 Å². The molecule has 2 heterocycles. The summed E-state index contributed by atoms with van der Waals surface area (Å²) in [5.74, 6) is -17.9. The van der Waals surface area contributed by atoms with Gasteiger partial charge in [0.25, 0.3) is 38.6 Å². The number of Topliss-reactive ketones (excluding diaryl/α,β-unsaturated/α-hetero) is 1. The number of amides is 5. The van der Waals surface area contributed by atoms with E-state index in [9.17, 15) is 77.3 Å². The lowest BCUT2D eigenvalue weighted by Crippen LogP contribution is -2.68. The zero-order valence-electron chi connectivity index (χ0n) is 33.8. The largest absolute Gasteiger partial charge is 0.444 e. The molecule has 1 aromatic carbocycles. The third kappa shape index (κ3) is 7.56. The molecule has 7 unspecified atom stereocenters. The Morgan fingerprint density at radius 2 is 1.61 bits per heavy atom. The molecule has 0 radical (unpaired) electrons. The average Bonchev–Trinajstić information content (AvgIpc) is 3.67. The van der Waals surface area contributed by atoms with Crippen LogP contribution in [-0.2, 0) is 50.5 Å². The smallest absolute Gasteiger partial charge is 0.419 e. The van der Waals surface area contributed by atoms with Crippen LogP contribution in [0.15, 0.2) is 18.2 Å². The molecular weight excluding hydrogens is 841 g/mol. The fourth-order valence-electron chi connectivity index (χ4n) is 7.88. The van der Waals surface area contributed by atoms with Crippen molar-refractivity contribution in [3.05, 3.63) is 35.1 Å². The molecule has 0 spiro atoms. The van der Waals surface area contributed by atoms with Crippen LogP contribution in [0.1, 0.15) is 84.8 Å². The molecule has 61 heavy (non-hydrogen) atoms. The first-order valence-electron chi connectivity index (χ1n) is 18.7. The number of likely N-dealkylation sites (tertiary alicyclic amines) is 1. The van der Waals surface area contributed by atoms with Gasteiger partial charge in [-0.2, -0.15) is 4.90 Å². The van der Waals surface area contributed by atoms with Crippen LogP contribution in [0.2, 0.25) is 0 Å². The number of nitrogens with zero attached hydrogens (tertiary/aromatic N) is 2. The molecule has 5 amide bonds. The molecule has 1 saturated heterocycles. The molecule has 2 aliphatic heterocycles. The number of alkyl carbamates (subject to hydrolysis) is 1. The van der Waals surface area contributed by atoms with Gasteiger partial charge in [-0.3, -0.25) is 19.7 Å². The number of carbonyl (C=O) groups is 6. The standard InChI is InChI=1S/C35H50FN7O17S/c1-7-11-31(38,40-26(48)60-28(3,4)5)25(47)42-15-18(59-27(49)43-32(50,51)19-9-8-10-20(36)22(19)33(43,52)53)13-21(42)23(45)39-30(14-17(30)12-16(2)44)24(46)41-61(57,58)35(56)29(6,37)34(35,54)55/h8-10,17-18,21,50-56H,7,11-15,37-38H2,1-6H3,(H,39,45)(H,40,48)(H,41,46). The van der Waals surface area contributed by atoms with Crippen LogP contribution in [0.4, 0.5) is 14.0 Å². The summed E-state index contributed by atoms with van der Waals surface area (Å²) in [6, 6.07) is 0.701. The van der Waals surface area contributed by atoms with Crippen molar-refractivity contribution in [1.82, 2.24) is 25.2 Å². The monoisotopic (exact) mass is 891 g/mol. The molecule has 4 aliphatic rings. The van der Waals surface area contributed by atoms with E-state index < -0.39 is 156 Å². The average molecular weight is 892 g/mol. The third-order valence-corrected chi connectivity index (χ3v) is 13.1. The first-order valence-corrected chi connectivity index (χ1v) is 20.2. The first kappa shape index (κ1) is 47.4. The Kier molecular flexibility index (Phi) is 11.5. The van der Waals surface area contributed by atoms with Gasteiger partial charge in [0.2, 0.25) is 11.7 Å². The van der Waals surface area contributed by atoms with Crippen molar-refractivity contribution < 1.29 is 86.8 Å². The zero-order chi connectivity index (χ0) is 46.5. The molecule has 340 valence electrons. The summed E-state index contributed by atoms with van der Waals surface area (Å²) < 4.78 is 53.2. The van der Waals surface area contributed by atoms with E-state index in [-0.39, 0.29) is 12.8 Å². The number of benzene rings is 1. The van der Waals surface area contributed by atoms with Gasteiger partial charge in [0.1, 0.15) is 40.4 Å². The Balaban J connectivity index is 1.49. The lowest BCUT2D eigenvalue weighted by atomic mass is 10.0. The molecule has 0 bridgehead atoms. The highest BCUT2D eigenvalue weighted by Crippen LogP contribution is 2.57. The summed E-state index contributed by atoms with van der Waals surface area (Å²) in [6.07, 6.45) is -6.60. The Bertz CT molecular complexity index is 2150. The van der Waals surface area contributed by atoms with Crippen molar-refractivity contribution in [3.63, 3.8) is 0 Å². The van der Waals surface area contributed by atoms with Gasteiger partial charge >= 0.3 is 12.2 Å².